The Morgan fingerprint density at radius 1 is 0.306 bits per heavy atom. The van der Waals surface area contributed by atoms with Gasteiger partial charge < -0.3 is 0 Å². The van der Waals surface area contributed by atoms with Crippen molar-refractivity contribution in [2.75, 3.05) is 0 Å². The molecule has 0 radical (unpaired) electrons. The molecule has 0 aliphatic rings. The summed E-state index contributed by atoms with van der Waals surface area (Å²) in [5.41, 5.74) is 9.77. The topological polar surface area (TPSA) is 38.7 Å². The number of rotatable bonds is 6. The van der Waals surface area contributed by atoms with Gasteiger partial charge in [0.25, 0.3) is 0 Å². The third-order valence-electron chi connectivity index (χ3n) is 8.95. The number of aromatic nitrogens is 3. The lowest BCUT2D eigenvalue weighted by atomic mass is 10.0. The summed E-state index contributed by atoms with van der Waals surface area (Å²) in [6.45, 7) is 0. The Morgan fingerprint density at radius 2 is 0.755 bits per heavy atom. The molecule has 0 fully saturated rings. The number of fused-ring (bicyclic) bond motifs is 3. The van der Waals surface area contributed by atoms with E-state index in [0.717, 1.165) is 38.9 Å². The predicted molar refractivity (Wildman–Crippen MR) is 205 cm³/mol. The zero-order valence-electron chi connectivity index (χ0n) is 26.5. The molecule has 0 bridgehead atoms. The van der Waals surface area contributed by atoms with Crippen LogP contribution in [-0.2, 0) is 0 Å². The SMILES string of the molecule is c1ccc(-c2cccc(-c3nc(-c4ccc(-c5cccc6c5sc5ccccc56)cc4)nc(-c4cccc(-c5ccccc5)c4)n3)c2)cc1. The molecule has 0 aliphatic carbocycles. The molecule has 0 saturated carbocycles. The first kappa shape index (κ1) is 29.0. The summed E-state index contributed by atoms with van der Waals surface area (Å²) in [4.78, 5) is 15.2. The van der Waals surface area contributed by atoms with E-state index in [1.54, 1.807) is 0 Å². The van der Waals surface area contributed by atoms with E-state index < -0.39 is 0 Å². The maximum Gasteiger partial charge on any atom is 0.164 e. The van der Waals surface area contributed by atoms with Gasteiger partial charge in [-0.1, -0.05) is 158 Å². The van der Waals surface area contributed by atoms with Crippen LogP contribution in [0.1, 0.15) is 0 Å². The first-order valence-corrected chi connectivity index (χ1v) is 17.2. The zero-order valence-corrected chi connectivity index (χ0v) is 27.3. The molecule has 230 valence electrons. The van der Waals surface area contributed by atoms with Gasteiger partial charge in [0, 0.05) is 36.9 Å². The van der Waals surface area contributed by atoms with Crippen molar-refractivity contribution in [1.29, 1.82) is 0 Å². The summed E-state index contributed by atoms with van der Waals surface area (Å²) in [5, 5.41) is 2.60. The van der Waals surface area contributed by atoms with Crippen LogP contribution in [0.3, 0.4) is 0 Å². The Kier molecular flexibility index (Phi) is 7.34. The van der Waals surface area contributed by atoms with Gasteiger partial charge in [-0.15, -0.1) is 11.3 Å². The minimum absolute atomic E-state index is 0.641. The minimum atomic E-state index is 0.641. The molecule has 0 amide bonds. The highest BCUT2D eigenvalue weighted by atomic mass is 32.1. The van der Waals surface area contributed by atoms with E-state index in [0.29, 0.717) is 17.5 Å². The van der Waals surface area contributed by atoms with Crippen molar-refractivity contribution in [2.24, 2.45) is 0 Å². The Bertz CT molecular complexity index is 2490. The van der Waals surface area contributed by atoms with Crippen LogP contribution >= 0.6 is 11.3 Å². The highest BCUT2D eigenvalue weighted by Gasteiger charge is 2.15. The van der Waals surface area contributed by atoms with E-state index in [1.807, 2.05) is 23.5 Å². The highest BCUT2D eigenvalue weighted by Crippen LogP contribution is 2.40. The summed E-state index contributed by atoms with van der Waals surface area (Å²) in [7, 11) is 0. The third-order valence-corrected chi connectivity index (χ3v) is 10.2. The Hall–Kier alpha value is -6.23. The fourth-order valence-electron chi connectivity index (χ4n) is 6.47. The van der Waals surface area contributed by atoms with Crippen molar-refractivity contribution in [2.45, 2.75) is 0 Å². The monoisotopic (exact) mass is 643 g/mol. The van der Waals surface area contributed by atoms with Crippen LogP contribution in [0.5, 0.6) is 0 Å². The van der Waals surface area contributed by atoms with Crippen LogP contribution in [0, 0.1) is 0 Å². The quantitative estimate of drug-likeness (QED) is 0.181. The summed E-state index contributed by atoms with van der Waals surface area (Å²) in [5.74, 6) is 1.92. The molecule has 2 heterocycles. The summed E-state index contributed by atoms with van der Waals surface area (Å²) < 4.78 is 2.61. The number of nitrogens with zero attached hydrogens (tertiary/aromatic N) is 3. The van der Waals surface area contributed by atoms with Gasteiger partial charge in [-0.25, -0.2) is 15.0 Å². The third kappa shape index (κ3) is 5.58. The first-order valence-electron chi connectivity index (χ1n) is 16.4. The molecule has 0 spiro atoms. The number of thiophene rings is 1. The lowest BCUT2D eigenvalue weighted by Gasteiger charge is -2.11. The van der Waals surface area contributed by atoms with Crippen LogP contribution < -0.4 is 0 Å². The van der Waals surface area contributed by atoms with Crippen LogP contribution in [-0.4, -0.2) is 15.0 Å². The van der Waals surface area contributed by atoms with E-state index in [1.165, 1.54) is 31.3 Å². The van der Waals surface area contributed by atoms with Gasteiger partial charge >= 0.3 is 0 Å². The number of hydrogen-bond donors (Lipinski definition) is 0. The van der Waals surface area contributed by atoms with E-state index >= 15 is 0 Å². The van der Waals surface area contributed by atoms with Crippen molar-refractivity contribution in [3.8, 4) is 67.5 Å². The zero-order chi connectivity index (χ0) is 32.6. The Morgan fingerprint density at radius 3 is 1.37 bits per heavy atom. The maximum absolute atomic E-state index is 5.08. The Labute approximate surface area is 288 Å². The molecule has 9 aromatic rings. The smallest absolute Gasteiger partial charge is 0.164 e. The minimum Gasteiger partial charge on any atom is -0.208 e. The molecule has 0 N–H and O–H groups in total. The lowest BCUT2D eigenvalue weighted by molar-refractivity contribution is 1.07. The van der Waals surface area contributed by atoms with Gasteiger partial charge in [0.2, 0.25) is 0 Å². The van der Waals surface area contributed by atoms with Crippen molar-refractivity contribution >= 4 is 31.5 Å². The second kappa shape index (κ2) is 12.4. The molecule has 2 aromatic heterocycles. The molecular weight excluding hydrogens is 615 g/mol. The molecule has 9 rings (SSSR count). The van der Waals surface area contributed by atoms with Crippen molar-refractivity contribution in [3.63, 3.8) is 0 Å². The molecule has 49 heavy (non-hydrogen) atoms. The second-order valence-corrected chi connectivity index (χ2v) is 13.1. The number of hydrogen-bond acceptors (Lipinski definition) is 4. The number of benzene rings is 7. The fraction of sp³-hybridized carbons (Fsp3) is 0. The van der Waals surface area contributed by atoms with E-state index in [9.17, 15) is 0 Å². The fourth-order valence-corrected chi connectivity index (χ4v) is 7.71. The van der Waals surface area contributed by atoms with Gasteiger partial charge in [-0.2, -0.15) is 0 Å². The molecule has 0 saturated heterocycles. The highest BCUT2D eigenvalue weighted by molar-refractivity contribution is 7.26. The summed E-state index contributed by atoms with van der Waals surface area (Å²) in [6, 6.07) is 61.5. The molecule has 3 nitrogen and oxygen atoms in total. The first-order chi connectivity index (χ1) is 24.3. The van der Waals surface area contributed by atoms with Gasteiger partial charge in [-0.05, 0) is 51.6 Å². The van der Waals surface area contributed by atoms with Crippen LogP contribution in [0.15, 0.2) is 176 Å². The van der Waals surface area contributed by atoms with Crippen LogP contribution in [0.2, 0.25) is 0 Å². The van der Waals surface area contributed by atoms with Crippen molar-refractivity contribution in [3.05, 3.63) is 176 Å². The average Bonchev–Trinajstić information content (AvgIpc) is 3.58. The molecule has 0 unspecified atom stereocenters. The van der Waals surface area contributed by atoms with Gasteiger partial charge in [-0.3, -0.25) is 0 Å². The van der Waals surface area contributed by atoms with E-state index in [-0.39, 0.29) is 0 Å². The Balaban J connectivity index is 1.16. The summed E-state index contributed by atoms with van der Waals surface area (Å²) in [6.07, 6.45) is 0. The average molecular weight is 644 g/mol. The van der Waals surface area contributed by atoms with Crippen LogP contribution in [0.25, 0.3) is 87.7 Å². The summed E-state index contributed by atoms with van der Waals surface area (Å²) >= 11 is 1.85. The lowest BCUT2D eigenvalue weighted by Crippen LogP contribution is -2.00. The second-order valence-electron chi connectivity index (χ2n) is 12.1. The van der Waals surface area contributed by atoms with Crippen LogP contribution in [0.4, 0.5) is 0 Å². The molecule has 7 aromatic carbocycles. The molecule has 0 aliphatic heterocycles. The molecule has 0 atom stereocenters. The molecular formula is C45H29N3S. The van der Waals surface area contributed by atoms with Gasteiger partial charge in [0.1, 0.15) is 0 Å². The van der Waals surface area contributed by atoms with Crippen molar-refractivity contribution < 1.29 is 0 Å². The maximum atomic E-state index is 5.08. The normalized spacial score (nSPS) is 11.3. The predicted octanol–water partition coefficient (Wildman–Crippen LogP) is 12.2. The van der Waals surface area contributed by atoms with Crippen molar-refractivity contribution in [1.82, 2.24) is 15.0 Å². The van der Waals surface area contributed by atoms with Gasteiger partial charge in [0.05, 0.1) is 0 Å². The van der Waals surface area contributed by atoms with Gasteiger partial charge in [0.15, 0.2) is 17.5 Å². The largest absolute Gasteiger partial charge is 0.208 e. The standard InChI is InChI=1S/C45H29N3S/c1-3-12-30(13-4-1)34-16-9-18-36(28-34)44-46-43(47-45(48-44)37-19-10-17-35(29-37)31-14-5-2-6-15-31)33-26-24-32(25-27-33)38-21-11-22-40-39-20-7-8-23-41(39)49-42(38)40/h1-29H. The molecule has 4 heteroatoms. The van der Waals surface area contributed by atoms with E-state index in [2.05, 4.69) is 164 Å². The van der Waals surface area contributed by atoms with E-state index in [4.69, 9.17) is 15.0 Å².